The summed E-state index contributed by atoms with van der Waals surface area (Å²) < 4.78 is 5.35. The number of pyridine rings is 1. The molecule has 1 aliphatic heterocycles. The molecule has 2 aromatic heterocycles. The van der Waals surface area contributed by atoms with E-state index in [9.17, 15) is 15.0 Å². The summed E-state index contributed by atoms with van der Waals surface area (Å²) in [6.07, 6.45) is 3.57. The van der Waals surface area contributed by atoms with Gasteiger partial charge in [-0.05, 0) is 73.8 Å². The number of ether oxygens (including phenoxy) is 1. The van der Waals surface area contributed by atoms with Crippen molar-refractivity contribution in [1.82, 2.24) is 9.88 Å². The van der Waals surface area contributed by atoms with Crippen LogP contribution in [0.4, 0.5) is 0 Å². The molecule has 0 amide bonds. The number of thioether (sulfide) groups is 1. The number of nitrogens with zero attached hydrogens (tertiary/aromatic N) is 2. The van der Waals surface area contributed by atoms with Crippen molar-refractivity contribution >= 4 is 51.6 Å². The van der Waals surface area contributed by atoms with Gasteiger partial charge in [-0.3, -0.25) is 9.78 Å². The number of fused-ring (bicyclic) bond motifs is 1. The number of halogens is 1. The molecule has 0 aliphatic carbocycles. The van der Waals surface area contributed by atoms with Crippen molar-refractivity contribution < 1.29 is 19.7 Å². The van der Waals surface area contributed by atoms with E-state index < -0.39 is 12.1 Å². The number of benzene rings is 1. The number of aliphatic hydroxyl groups is 1. The Morgan fingerprint density at radius 3 is 2.83 bits per heavy atom. The van der Waals surface area contributed by atoms with Crippen LogP contribution in [0.3, 0.4) is 0 Å². The van der Waals surface area contributed by atoms with Gasteiger partial charge < -0.3 is 19.8 Å². The molecule has 0 unspecified atom stereocenters. The Kier molecular flexibility index (Phi) is 8.94. The molecule has 2 N–H and O–H groups in total. The summed E-state index contributed by atoms with van der Waals surface area (Å²) in [5.74, 6) is 0.915. The number of rotatable bonds is 11. The molecule has 0 bridgehead atoms. The minimum absolute atomic E-state index is 0.121. The maximum Gasteiger partial charge on any atom is 0.303 e. The van der Waals surface area contributed by atoms with Gasteiger partial charge in [0.15, 0.2) is 0 Å². The predicted molar refractivity (Wildman–Crippen MR) is 143 cm³/mol. The Hall–Kier alpha value is -1.84. The van der Waals surface area contributed by atoms with E-state index in [0.29, 0.717) is 29.2 Å². The highest BCUT2D eigenvalue weighted by Crippen LogP contribution is 2.43. The lowest BCUT2D eigenvalue weighted by Crippen LogP contribution is -2.42. The molecular weight excluding hydrogens is 504 g/mol. The monoisotopic (exact) mass is 534 g/mol. The molecule has 0 spiro atoms. The van der Waals surface area contributed by atoms with Gasteiger partial charge in [-0.2, -0.15) is 11.3 Å². The van der Waals surface area contributed by atoms with Gasteiger partial charge in [-0.15, -0.1) is 11.8 Å². The van der Waals surface area contributed by atoms with E-state index in [1.807, 2.05) is 30.0 Å². The molecule has 188 valence electrons. The summed E-state index contributed by atoms with van der Waals surface area (Å²) in [7, 11) is 1.60. The Morgan fingerprint density at radius 1 is 1.34 bits per heavy atom. The highest BCUT2D eigenvalue weighted by molar-refractivity contribution is 7.99. The van der Waals surface area contributed by atoms with Crippen molar-refractivity contribution in [2.75, 3.05) is 32.5 Å². The molecule has 3 aromatic rings. The van der Waals surface area contributed by atoms with Crippen molar-refractivity contribution in [3.63, 3.8) is 0 Å². The summed E-state index contributed by atoms with van der Waals surface area (Å²) in [6.45, 7) is 2.75. The summed E-state index contributed by atoms with van der Waals surface area (Å²) in [4.78, 5) is 19.9. The molecule has 1 aromatic carbocycles. The fourth-order valence-electron chi connectivity index (χ4n) is 4.93. The maximum atomic E-state index is 11.8. The number of thiophene rings is 1. The van der Waals surface area contributed by atoms with Crippen molar-refractivity contribution in [2.24, 2.45) is 5.41 Å². The molecule has 4 rings (SSSR count). The lowest BCUT2D eigenvalue weighted by Gasteiger charge is -2.41. The second-order valence-corrected chi connectivity index (χ2v) is 11.5. The average molecular weight is 535 g/mol. The van der Waals surface area contributed by atoms with Crippen LogP contribution in [-0.2, 0) is 4.79 Å². The van der Waals surface area contributed by atoms with Crippen LogP contribution < -0.4 is 4.74 Å². The lowest BCUT2D eigenvalue weighted by molar-refractivity contribution is -0.141. The van der Waals surface area contributed by atoms with E-state index in [4.69, 9.17) is 16.3 Å². The SMILES string of the molecule is COc1ccc2ncc(Cl)c([C@@H](O)CCC3(CC(=O)O)CCN(CCSc4ccsc4)CC3)c2c1. The number of piperidine rings is 1. The quantitative estimate of drug-likeness (QED) is 0.287. The topological polar surface area (TPSA) is 82.9 Å². The van der Waals surface area contributed by atoms with E-state index in [0.717, 1.165) is 49.1 Å². The number of hydrogen-bond acceptors (Lipinski definition) is 7. The average Bonchev–Trinajstić information content (AvgIpc) is 3.36. The Bertz CT molecular complexity index is 1130. The van der Waals surface area contributed by atoms with Gasteiger partial charge in [-0.25, -0.2) is 0 Å². The second kappa shape index (κ2) is 11.9. The Morgan fingerprint density at radius 2 is 2.14 bits per heavy atom. The van der Waals surface area contributed by atoms with Gasteiger partial charge in [0.25, 0.3) is 0 Å². The summed E-state index contributed by atoms with van der Waals surface area (Å²) in [5, 5.41) is 26.3. The number of likely N-dealkylation sites (tertiary alicyclic amines) is 1. The van der Waals surface area contributed by atoms with Gasteiger partial charge in [-0.1, -0.05) is 11.6 Å². The van der Waals surface area contributed by atoms with E-state index in [2.05, 4.69) is 26.7 Å². The van der Waals surface area contributed by atoms with Crippen LogP contribution in [0.5, 0.6) is 5.75 Å². The number of carbonyl (C=O) groups is 1. The third kappa shape index (κ3) is 6.68. The summed E-state index contributed by atoms with van der Waals surface area (Å²) in [6, 6.07) is 7.66. The van der Waals surface area contributed by atoms with Crippen LogP contribution in [0.2, 0.25) is 5.02 Å². The normalized spacial score (nSPS) is 16.9. The molecule has 1 saturated heterocycles. The van der Waals surface area contributed by atoms with E-state index >= 15 is 0 Å². The van der Waals surface area contributed by atoms with Gasteiger partial charge in [0.2, 0.25) is 0 Å². The van der Waals surface area contributed by atoms with Gasteiger partial charge in [0.1, 0.15) is 5.75 Å². The number of carboxylic acids is 1. The van der Waals surface area contributed by atoms with Crippen molar-refractivity contribution in [3.05, 3.63) is 51.8 Å². The van der Waals surface area contributed by atoms with Crippen LogP contribution in [0.1, 0.15) is 43.8 Å². The molecule has 9 heteroatoms. The first-order chi connectivity index (χ1) is 16.9. The zero-order chi connectivity index (χ0) is 24.8. The largest absolute Gasteiger partial charge is 0.497 e. The Balaban J connectivity index is 1.40. The van der Waals surface area contributed by atoms with E-state index in [-0.39, 0.29) is 11.8 Å². The standard InChI is InChI=1S/C26H31ClN2O4S2/c1-33-18-2-3-22-20(14-18)25(21(27)16-28-22)23(30)4-6-26(15-24(31)32)7-9-29(10-8-26)11-13-35-19-5-12-34-17-19/h2-3,5,12,14,16-17,23,30H,4,6-11,13,15H2,1H3,(H,31,32)/t23-/m0/s1. The fraction of sp³-hybridized carbons (Fsp3) is 0.462. The zero-order valence-corrected chi connectivity index (χ0v) is 22.2. The van der Waals surface area contributed by atoms with Gasteiger partial charge in [0.05, 0.1) is 30.2 Å². The number of hydrogen-bond donors (Lipinski definition) is 2. The van der Waals surface area contributed by atoms with Crippen LogP contribution in [0, 0.1) is 5.41 Å². The van der Waals surface area contributed by atoms with E-state index in [1.165, 1.54) is 4.90 Å². The highest BCUT2D eigenvalue weighted by Gasteiger charge is 2.37. The second-order valence-electron chi connectivity index (χ2n) is 9.18. The van der Waals surface area contributed by atoms with Crippen LogP contribution in [0.25, 0.3) is 10.9 Å². The van der Waals surface area contributed by atoms with Gasteiger partial charge in [0, 0.05) is 39.7 Å². The molecule has 35 heavy (non-hydrogen) atoms. The number of aliphatic hydroxyl groups excluding tert-OH is 1. The number of aromatic nitrogens is 1. The number of methoxy groups -OCH3 is 1. The summed E-state index contributed by atoms with van der Waals surface area (Å²) in [5.41, 5.74) is 1.04. The first-order valence-corrected chi connectivity index (χ1v) is 14.1. The van der Waals surface area contributed by atoms with Crippen molar-refractivity contribution in [3.8, 4) is 5.75 Å². The molecule has 3 heterocycles. The summed E-state index contributed by atoms with van der Waals surface area (Å²) >= 11 is 10.0. The lowest BCUT2D eigenvalue weighted by atomic mass is 9.71. The number of carboxylic acid groups (broad SMARTS) is 1. The zero-order valence-electron chi connectivity index (χ0n) is 19.8. The molecule has 1 aliphatic rings. The Labute approximate surface area is 219 Å². The van der Waals surface area contributed by atoms with Gasteiger partial charge >= 0.3 is 5.97 Å². The van der Waals surface area contributed by atoms with Crippen LogP contribution in [0.15, 0.2) is 46.1 Å². The predicted octanol–water partition coefficient (Wildman–Crippen LogP) is 6.12. The third-order valence-corrected chi connectivity index (χ3v) is 9.07. The first-order valence-electron chi connectivity index (χ1n) is 11.8. The maximum absolute atomic E-state index is 11.8. The van der Waals surface area contributed by atoms with Crippen molar-refractivity contribution in [2.45, 2.75) is 43.1 Å². The first kappa shape index (κ1) is 26.2. The minimum atomic E-state index is -0.814. The molecule has 0 radical (unpaired) electrons. The molecule has 6 nitrogen and oxygen atoms in total. The van der Waals surface area contributed by atoms with Crippen LogP contribution in [-0.4, -0.2) is 58.6 Å². The minimum Gasteiger partial charge on any atom is -0.497 e. The van der Waals surface area contributed by atoms with Crippen LogP contribution >= 0.6 is 34.7 Å². The molecule has 1 atom stereocenters. The van der Waals surface area contributed by atoms with E-state index in [1.54, 1.807) is 24.6 Å². The molecule has 1 fully saturated rings. The smallest absolute Gasteiger partial charge is 0.303 e. The number of aliphatic carboxylic acids is 1. The highest BCUT2D eigenvalue weighted by atomic mass is 35.5. The van der Waals surface area contributed by atoms with Crippen molar-refractivity contribution in [1.29, 1.82) is 0 Å². The molecule has 0 saturated carbocycles. The fourth-order valence-corrected chi connectivity index (χ4v) is 7.00. The molecular formula is C26H31ClN2O4S2. The third-order valence-electron chi connectivity index (χ3n) is 6.96.